The molecular weight excluding hydrogens is 342 g/mol. The van der Waals surface area contributed by atoms with Gasteiger partial charge in [-0.3, -0.25) is 0 Å². The van der Waals surface area contributed by atoms with Crippen LogP contribution in [0.5, 0.6) is 0 Å². The molecule has 4 N–H and O–H groups in total. The minimum atomic E-state index is -1.48. The predicted octanol–water partition coefficient (Wildman–Crippen LogP) is -0.853. The molecule has 3 heterocycles. The van der Waals surface area contributed by atoms with Crippen molar-refractivity contribution in [3.05, 3.63) is 41.2 Å². The first kappa shape index (κ1) is 17.4. The van der Waals surface area contributed by atoms with Crippen molar-refractivity contribution < 1.29 is 29.7 Å². The maximum absolute atomic E-state index is 10.2. The molecule has 1 saturated heterocycles. The van der Waals surface area contributed by atoms with Crippen molar-refractivity contribution in [1.82, 2.24) is 10.1 Å². The molecule has 0 bridgehead atoms. The van der Waals surface area contributed by atoms with Crippen molar-refractivity contribution in [2.75, 3.05) is 18.1 Å². The first-order valence-electron chi connectivity index (χ1n) is 8.54. The van der Waals surface area contributed by atoms with E-state index in [1.165, 1.54) is 11.1 Å². The summed E-state index contributed by atoms with van der Waals surface area (Å²) in [7, 11) is 0. The van der Waals surface area contributed by atoms with Crippen LogP contribution in [0.2, 0.25) is 0 Å². The molecule has 0 unspecified atom stereocenters. The van der Waals surface area contributed by atoms with E-state index in [2.05, 4.69) is 22.3 Å². The summed E-state index contributed by atoms with van der Waals surface area (Å²) in [5, 5.41) is 43.1. The number of benzene rings is 1. The number of hydrogen-bond donors (Lipinski definition) is 4. The summed E-state index contributed by atoms with van der Waals surface area (Å²) in [5.41, 5.74) is 2.48. The highest BCUT2D eigenvalue weighted by Gasteiger charge is 2.46. The van der Waals surface area contributed by atoms with Crippen LogP contribution in [-0.4, -0.2) is 68.1 Å². The third-order valence-electron chi connectivity index (χ3n) is 4.98. The summed E-state index contributed by atoms with van der Waals surface area (Å²) < 4.78 is 10.8. The fraction of sp³-hybridized carbons (Fsp3) is 0.529. The van der Waals surface area contributed by atoms with Crippen molar-refractivity contribution >= 4 is 6.01 Å². The minimum Gasteiger partial charge on any atom is -0.394 e. The Labute approximate surface area is 149 Å². The zero-order chi connectivity index (χ0) is 18.3. The summed E-state index contributed by atoms with van der Waals surface area (Å²) in [4.78, 5) is 6.23. The Hall–Kier alpha value is -2.04. The summed E-state index contributed by atoms with van der Waals surface area (Å²) in [6.45, 7) is 0.842. The fourth-order valence-electron chi connectivity index (χ4n) is 3.44. The lowest BCUT2D eigenvalue weighted by molar-refractivity contribution is -0.233. The van der Waals surface area contributed by atoms with Crippen LogP contribution in [0.3, 0.4) is 0 Å². The zero-order valence-corrected chi connectivity index (χ0v) is 14.0. The predicted molar refractivity (Wildman–Crippen MR) is 88.2 cm³/mol. The van der Waals surface area contributed by atoms with Crippen LogP contribution in [-0.2, 0) is 17.7 Å². The molecule has 1 aromatic carbocycles. The molecule has 2 aromatic rings. The molecule has 26 heavy (non-hydrogen) atoms. The van der Waals surface area contributed by atoms with Crippen LogP contribution in [0.25, 0.3) is 0 Å². The summed E-state index contributed by atoms with van der Waals surface area (Å²) in [5.74, 6) is 0.0655. The Morgan fingerprint density at radius 2 is 1.85 bits per heavy atom. The number of hydrogen-bond acceptors (Lipinski definition) is 9. The van der Waals surface area contributed by atoms with Crippen molar-refractivity contribution in [2.24, 2.45) is 0 Å². The first-order valence-corrected chi connectivity index (χ1v) is 8.54. The van der Waals surface area contributed by atoms with E-state index in [1.807, 2.05) is 17.0 Å². The molecule has 0 spiro atoms. The van der Waals surface area contributed by atoms with Gasteiger partial charge in [-0.15, -0.1) is 0 Å². The Bertz CT molecular complexity index is 766. The average molecular weight is 363 g/mol. The molecule has 9 nitrogen and oxygen atoms in total. The molecular formula is C17H21N3O6. The van der Waals surface area contributed by atoms with Crippen LogP contribution >= 0.6 is 0 Å². The molecule has 0 radical (unpaired) electrons. The highest BCUT2D eigenvalue weighted by molar-refractivity contribution is 5.38. The standard InChI is InChI=1S/C17H21N3O6/c21-8-11-12(22)13(23)14(24)15(25-11)16-18-17(26-19-16)20-6-5-9-3-1-2-4-10(9)7-20/h1-4,11-15,21-24H,5-8H2/t11-,12-,13+,14-,15-/m1/s1. The minimum absolute atomic E-state index is 0.0655. The van der Waals surface area contributed by atoms with Gasteiger partial charge in [0.25, 0.3) is 0 Å². The van der Waals surface area contributed by atoms with Crippen LogP contribution in [0.4, 0.5) is 6.01 Å². The topological polar surface area (TPSA) is 132 Å². The number of aliphatic hydroxyl groups excluding tert-OH is 4. The van der Waals surface area contributed by atoms with Gasteiger partial charge < -0.3 is 34.6 Å². The van der Waals surface area contributed by atoms with Gasteiger partial charge in [0.2, 0.25) is 5.82 Å². The monoisotopic (exact) mass is 363 g/mol. The maximum atomic E-state index is 10.2. The van der Waals surface area contributed by atoms with E-state index in [4.69, 9.17) is 9.26 Å². The SMILES string of the molecule is OC[C@H]1O[C@@H](c2noc(N3CCc4ccccc4C3)n2)[C@H](O)[C@@H](O)[C@@H]1O. The van der Waals surface area contributed by atoms with Gasteiger partial charge in [-0.25, -0.2) is 0 Å². The maximum Gasteiger partial charge on any atom is 0.324 e. The molecule has 140 valence electrons. The van der Waals surface area contributed by atoms with E-state index in [1.54, 1.807) is 0 Å². The van der Waals surface area contributed by atoms with E-state index in [-0.39, 0.29) is 5.82 Å². The second-order valence-corrected chi connectivity index (χ2v) is 6.62. The Balaban J connectivity index is 1.53. The lowest BCUT2D eigenvalue weighted by Gasteiger charge is -2.38. The molecule has 2 aliphatic rings. The Morgan fingerprint density at radius 1 is 1.08 bits per heavy atom. The lowest BCUT2D eigenvalue weighted by Crippen LogP contribution is -2.55. The third-order valence-corrected chi connectivity index (χ3v) is 4.98. The second kappa shape index (κ2) is 6.93. The largest absolute Gasteiger partial charge is 0.394 e. The van der Waals surface area contributed by atoms with Gasteiger partial charge in [0.15, 0.2) is 0 Å². The van der Waals surface area contributed by atoms with E-state index >= 15 is 0 Å². The normalized spacial score (nSPS) is 31.7. The number of aliphatic hydroxyl groups is 4. The highest BCUT2D eigenvalue weighted by atomic mass is 16.6. The van der Waals surface area contributed by atoms with Gasteiger partial charge in [-0.1, -0.05) is 29.4 Å². The molecule has 1 aromatic heterocycles. The molecule has 9 heteroatoms. The van der Waals surface area contributed by atoms with Crippen LogP contribution in [0, 0.1) is 0 Å². The second-order valence-electron chi connectivity index (χ2n) is 6.62. The average Bonchev–Trinajstić information content (AvgIpc) is 3.16. The number of ether oxygens (including phenoxy) is 1. The number of rotatable bonds is 3. The number of fused-ring (bicyclic) bond motifs is 1. The van der Waals surface area contributed by atoms with Crippen molar-refractivity contribution in [2.45, 2.75) is 43.5 Å². The number of anilines is 1. The summed E-state index contributed by atoms with van der Waals surface area (Å²) in [6.07, 6.45) is -5.58. The van der Waals surface area contributed by atoms with Crippen LogP contribution in [0.15, 0.2) is 28.8 Å². The Kier molecular flexibility index (Phi) is 4.63. The van der Waals surface area contributed by atoms with E-state index in [9.17, 15) is 20.4 Å². The number of aromatic nitrogens is 2. The molecule has 2 aliphatic heterocycles. The van der Waals surface area contributed by atoms with Crippen molar-refractivity contribution in [3.63, 3.8) is 0 Å². The van der Waals surface area contributed by atoms with Gasteiger partial charge in [0, 0.05) is 13.1 Å². The van der Waals surface area contributed by atoms with Gasteiger partial charge in [-0.2, -0.15) is 4.98 Å². The fourth-order valence-corrected chi connectivity index (χ4v) is 3.44. The van der Waals surface area contributed by atoms with Crippen molar-refractivity contribution in [3.8, 4) is 0 Å². The summed E-state index contributed by atoms with van der Waals surface area (Å²) >= 11 is 0. The molecule has 0 amide bonds. The third kappa shape index (κ3) is 2.97. The smallest absolute Gasteiger partial charge is 0.324 e. The Morgan fingerprint density at radius 3 is 2.62 bits per heavy atom. The van der Waals surface area contributed by atoms with Gasteiger partial charge in [-0.05, 0) is 17.5 Å². The van der Waals surface area contributed by atoms with Crippen LogP contribution < -0.4 is 4.90 Å². The van der Waals surface area contributed by atoms with E-state index < -0.39 is 37.1 Å². The van der Waals surface area contributed by atoms with Gasteiger partial charge in [0.05, 0.1) is 6.61 Å². The van der Waals surface area contributed by atoms with Gasteiger partial charge >= 0.3 is 6.01 Å². The zero-order valence-electron chi connectivity index (χ0n) is 14.0. The van der Waals surface area contributed by atoms with E-state index in [0.29, 0.717) is 19.1 Å². The quantitative estimate of drug-likeness (QED) is 0.550. The van der Waals surface area contributed by atoms with E-state index in [0.717, 1.165) is 6.42 Å². The highest BCUT2D eigenvalue weighted by Crippen LogP contribution is 2.32. The van der Waals surface area contributed by atoms with Crippen LogP contribution in [0.1, 0.15) is 23.1 Å². The molecule has 5 atom stereocenters. The van der Waals surface area contributed by atoms with Crippen molar-refractivity contribution in [1.29, 1.82) is 0 Å². The first-order chi connectivity index (χ1) is 12.6. The lowest BCUT2D eigenvalue weighted by atomic mass is 9.95. The molecule has 0 aliphatic carbocycles. The molecule has 4 rings (SSSR count). The number of nitrogens with zero attached hydrogens (tertiary/aromatic N) is 3. The summed E-state index contributed by atoms with van der Waals surface area (Å²) in [6, 6.07) is 8.44. The molecule has 1 fully saturated rings. The van der Waals surface area contributed by atoms with Gasteiger partial charge in [0.1, 0.15) is 30.5 Å². The molecule has 0 saturated carbocycles.